The van der Waals surface area contributed by atoms with E-state index in [1.54, 1.807) is 0 Å². The monoisotopic (exact) mass is 502 g/mol. The van der Waals surface area contributed by atoms with Gasteiger partial charge in [0.25, 0.3) is 11.8 Å². The number of amides is 2. The van der Waals surface area contributed by atoms with E-state index >= 15 is 0 Å². The maximum absolute atomic E-state index is 12.1. The van der Waals surface area contributed by atoms with Crippen molar-refractivity contribution in [3.05, 3.63) is 18.2 Å². The van der Waals surface area contributed by atoms with Crippen LogP contribution in [0.3, 0.4) is 0 Å². The van der Waals surface area contributed by atoms with Gasteiger partial charge in [0.2, 0.25) is 0 Å². The summed E-state index contributed by atoms with van der Waals surface area (Å²) >= 11 is 21.6. The van der Waals surface area contributed by atoms with Crippen LogP contribution in [0, 0.1) is 0 Å². The third-order valence-corrected chi connectivity index (χ3v) is 4.18. The Kier molecular flexibility index (Phi) is 10.5. The summed E-state index contributed by atoms with van der Waals surface area (Å²) in [7, 11) is 1.30. The first-order valence-corrected chi connectivity index (χ1v) is 9.99. The van der Waals surface area contributed by atoms with Crippen molar-refractivity contribution in [2.45, 2.75) is 35.6 Å². The normalized spacial score (nSPS) is 12.7. The number of hydrogen-bond acceptors (Lipinski definition) is 7. The number of carbonyl (C=O) groups excluding carboxylic acids is 4. The second kappa shape index (κ2) is 12.0. The molecule has 0 fully saturated rings. The van der Waals surface area contributed by atoms with Crippen LogP contribution < -0.4 is 24.8 Å². The molecule has 0 aliphatic heterocycles. The molecular weight excluding hydrogens is 486 g/mol. The van der Waals surface area contributed by atoms with Crippen molar-refractivity contribution in [3.63, 3.8) is 0 Å². The van der Waals surface area contributed by atoms with E-state index in [0.717, 1.165) is 0 Å². The molecule has 0 radical (unpaired) electrons. The van der Waals surface area contributed by atoms with Crippen molar-refractivity contribution in [1.82, 2.24) is 10.6 Å². The molecule has 2 amide bonds. The fourth-order valence-electron chi connectivity index (χ4n) is 1.87. The van der Waals surface area contributed by atoms with Crippen molar-refractivity contribution in [3.8, 4) is 17.2 Å². The SMILES string of the molecule is COc1cc(OC(=O)C(C)NC(=O)C(Cl)Cl)ccc1OC(=O)C(C)NC(=O)C(Cl)Cl. The van der Waals surface area contributed by atoms with Gasteiger partial charge in [0.15, 0.2) is 21.2 Å². The number of alkyl halides is 4. The Morgan fingerprint density at radius 2 is 1.27 bits per heavy atom. The quantitative estimate of drug-likeness (QED) is 0.301. The number of nitrogens with one attached hydrogen (secondary N) is 2. The van der Waals surface area contributed by atoms with E-state index in [0.29, 0.717) is 0 Å². The van der Waals surface area contributed by atoms with Crippen LogP contribution in [0.15, 0.2) is 18.2 Å². The van der Waals surface area contributed by atoms with Crippen molar-refractivity contribution < 1.29 is 33.4 Å². The molecule has 1 rings (SSSR count). The third-order valence-electron chi connectivity index (χ3n) is 3.39. The average molecular weight is 504 g/mol. The van der Waals surface area contributed by atoms with Gasteiger partial charge in [-0.25, -0.2) is 9.59 Å². The molecule has 0 aromatic heterocycles. The first kappa shape index (κ1) is 26.1. The second-order valence-electron chi connectivity index (χ2n) is 5.72. The standard InChI is InChI=1S/C17H18Cl4N2O7/c1-7(22-14(24)12(18)19)16(26)29-9-4-5-10(11(6-9)28-3)30-17(27)8(2)23-15(25)13(20)21/h4-8,12-13H,1-3H3,(H,22,24)(H,23,25). The summed E-state index contributed by atoms with van der Waals surface area (Å²) < 4.78 is 15.4. The van der Waals surface area contributed by atoms with E-state index in [1.807, 2.05) is 0 Å². The van der Waals surface area contributed by atoms with Crippen LogP contribution in [-0.4, -0.2) is 52.6 Å². The lowest BCUT2D eigenvalue weighted by atomic mass is 10.2. The highest BCUT2D eigenvalue weighted by Gasteiger charge is 2.24. The molecule has 0 heterocycles. The first-order valence-electron chi connectivity index (χ1n) is 8.24. The molecule has 9 nitrogen and oxygen atoms in total. The predicted octanol–water partition coefficient (Wildman–Crippen LogP) is 2.12. The zero-order valence-corrected chi connectivity index (χ0v) is 18.9. The minimum absolute atomic E-state index is 0.00479. The van der Waals surface area contributed by atoms with E-state index < -0.39 is 45.5 Å². The third kappa shape index (κ3) is 8.06. The lowest BCUT2D eigenvalue weighted by Crippen LogP contribution is -2.43. The zero-order valence-electron chi connectivity index (χ0n) is 15.9. The van der Waals surface area contributed by atoms with Gasteiger partial charge in [-0.1, -0.05) is 46.4 Å². The average Bonchev–Trinajstić information content (AvgIpc) is 2.68. The van der Waals surface area contributed by atoms with Gasteiger partial charge in [0, 0.05) is 6.07 Å². The smallest absolute Gasteiger partial charge is 0.333 e. The Morgan fingerprint density at radius 3 is 1.70 bits per heavy atom. The summed E-state index contributed by atoms with van der Waals surface area (Å²) in [6.07, 6.45) is 0. The number of rotatable bonds is 9. The van der Waals surface area contributed by atoms with Gasteiger partial charge in [0.05, 0.1) is 7.11 Å². The number of ether oxygens (including phenoxy) is 3. The van der Waals surface area contributed by atoms with E-state index in [9.17, 15) is 19.2 Å². The molecule has 1 aromatic carbocycles. The molecule has 0 aliphatic carbocycles. The number of benzene rings is 1. The topological polar surface area (TPSA) is 120 Å². The van der Waals surface area contributed by atoms with Gasteiger partial charge >= 0.3 is 11.9 Å². The molecule has 166 valence electrons. The minimum atomic E-state index is -1.34. The van der Waals surface area contributed by atoms with Gasteiger partial charge < -0.3 is 24.8 Å². The Hall–Kier alpha value is -1.94. The molecular formula is C17H18Cl4N2O7. The zero-order chi connectivity index (χ0) is 23.0. The van der Waals surface area contributed by atoms with Gasteiger partial charge in [-0.2, -0.15) is 0 Å². The molecule has 2 N–H and O–H groups in total. The van der Waals surface area contributed by atoms with E-state index in [1.165, 1.54) is 39.2 Å². The molecule has 0 bridgehead atoms. The minimum Gasteiger partial charge on any atom is -0.493 e. The molecule has 30 heavy (non-hydrogen) atoms. The summed E-state index contributed by atoms with van der Waals surface area (Å²) in [4.78, 5) is 44.4. The summed E-state index contributed by atoms with van der Waals surface area (Å²) in [5, 5.41) is 4.54. The Morgan fingerprint density at radius 1 is 0.800 bits per heavy atom. The van der Waals surface area contributed by atoms with Crippen LogP contribution in [0.4, 0.5) is 0 Å². The van der Waals surface area contributed by atoms with Gasteiger partial charge in [-0.05, 0) is 26.0 Å². The van der Waals surface area contributed by atoms with Crippen molar-refractivity contribution in [1.29, 1.82) is 0 Å². The number of methoxy groups -OCH3 is 1. The number of halogens is 4. The van der Waals surface area contributed by atoms with Gasteiger partial charge in [-0.3, -0.25) is 9.59 Å². The molecule has 1 aromatic rings. The highest BCUT2D eigenvalue weighted by Crippen LogP contribution is 2.31. The van der Waals surface area contributed by atoms with Crippen LogP contribution in [0.1, 0.15) is 13.8 Å². The van der Waals surface area contributed by atoms with Crippen molar-refractivity contribution in [2.75, 3.05) is 7.11 Å². The number of carbonyl (C=O) groups is 4. The van der Waals surface area contributed by atoms with E-state index in [4.69, 9.17) is 60.6 Å². The van der Waals surface area contributed by atoms with Crippen LogP contribution in [0.2, 0.25) is 0 Å². The van der Waals surface area contributed by atoms with E-state index in [2.05, 4.69) is 10.6 Å². The molecule has 0 saturated heterocycles. The molecule has 13 heteroatoms. The Balaban J connectivity index is 2.81. The Labute approximate surface area is 192 Å². The summed E-state index contributed by atoms with van der Waals surface area (Å²) in [5.74, 6) is -2.99. The fraction of sp³-hybridized carbons (Fsp3) is 0.412. The maximum atomic E-state index is 12.1. The lowest BCUT2D eigenvalue weighted by Gasteiger charge is -2.16. The molecule has 2 atom stereocenters. The van der Waals surface area contributed by atoms with Gasteiger partial charge in [0.1, 0.15) is 17.8 Å². The number of hydrogen-bond donors (Lipinski definition) is 2. The van der Waals surface area contributed by atoms with Gasteiger partial charge in [-0.15, -0.1) is 0 Å². The fourth-order valence-corrected chi connectivity index (χ4v) is 2.12. The molecule has 0 aliphatic rings. The largest absolute Gasteiger partial charge is 0.493 e. The highest BCUT2D eigenvalue weighted by molar-refractivity contribution is 6.54. The van der Waals surface area contributed by atoms with Crippen LogP contribution >= 0.6 is 46.4 Å². The molecule has 2 unspecified atom stereocenters. The summed E-state index contributed by atoms with van der Waals surface area (Å²) in [6.45, 7) is 2.76. The summed E-state index contributed by atoms with van der Waals surface area (Å²) in [5.41, 5.74) is 0. The Bertz CT molecular complexity index is 804. The molecule has 0 saturated carbocycles. The summed E-state index contributed by atoms with van der Waals surface area (Å²) in [6, 6.07) is 1.87. The lowest BCUT2D eigenvalue weighted by molar-refractivity contribution is -0.139. The number of esters is 2. The molecule has 0 spiro atoms. The van der Waals surface area contributed by atoms with E-state index in [-0.39, 0.29) is 17.2 Å². The van der Waals surface area contributed by atoms with Crippen molar-refractivity contribution >= 4 is 70.2 Å². The first-order chi connectivity index (χ1) is 14.0. The van der Waals surface area contributed by atoms with Crippen LogP contribution in [-0.2, 0) is 19.2 Å². The van der Waals surface area contributed by atoms with Crippen LogP contribution in [0.5, 0.6) is 17.2 Å². The predicted molar refractivity (Wildman–Crippen MR) is 110 cm³/mol. The van der Waals surface area contributed by atoms with Crippen LogP contribution in [0.25, 0.3) is 0 Å². The maximum Gasteiger partial charge on any atom is 0.333 e. The highest BCUT2D eigenvalue weighted by atomic mass is 35.5. The second-order valence-corrected chi connectivity index (χ2v) is 7.91. The van der Waals surface area contributed by atoms with Crippen molar-refractivity contribution in [2.24, 2.45) is 0 Å².